The van der Waals surface area contributed by atoms with Gasteiger partial charge in [-0.05, 0) is 35.9 Å². The van der Waals surface area contributed by atoms with Gasteiger partial charge in [-0.15, -0.1) is 11.3 Å². The Balaban J connectivity index is 1.55. The maximum absolute atomic E-state index is 12.7. The fraction of sp³-hybridized carbons (Fsp3) is 0.261. The van der Waals surface area contributed by atoms with Gasteiger partial charge in [0.25, 0.3) is 0 Å². The van der Waals surface area contributed by atoms with Crippen molar-refractivity contribution in [2.45, 2.75) is 19.4 Å². The second kappa shape index (κ2) is 9.09. The molecule has 2 N–H and O–H groups in total. The molecule has 1 fully saturated rings. The largest absolute Gasteiger partial charge is 0.369 e. The van der Waals surface area contributed by atoms with Crippen LogP contribution in [0.5, 0.6) is 0 Å². The molecular formula is C23H24N4O2S. The molecule has 7 heteroatoms. The highest BCUT2D eigenvalue weighted by atomic mass is 32.1. The molecule has 1 aliphatic rings. The molecule has 0 spiro atoms. The smallest absolute Gasteiger partial charge is 0.246 e. The molecule has 6 nitrogen and oxygen atoms in total. The van der Waals surface area contributed by atoms with Crippen LogP contribution >= 0.6 is 11.3 Å². The predicted molar refractivity (Wildman–Crippen MR) is 119 cm³/mol. The van der Waals surface area contributed by atoms with E-state index in [2.05, 4.69) is 12.1 Å². The molecule has 30 heavy (non-hydrogen) atoms. The normalized spacial score (nSPS) is 16.8. The van der Waals surface area contributed by atoms with Crippen molar-refractivity contribution in [1.29, 1.82) is 0 Å². The number of rotatable bonds is 6. The quantitative estimate of drug-likeness (QED) is 0.621. The minimum atomic E-state index is -0.335. The lowest BCUT2D eigenvalue weighted by Crippen LogP contribution is -2.43. The highest BCUT2D eigenvalue weighted by molar-refractivity contribution is 7.13. The van der Waals surface area contributed by atoms with Crippen LogP contribution in [-0.4, -0.2) is 39.6 Å². The van der Waals surface area contributed by atoms with Gasteiger partial charge in [0.2, 0.25) is 11.8 Å². The van der Waals surface area contributed by atoms with E-state index in [-0.39, 0.29) is 17.7 Å². The number of aromatic nitrogens is 2. The summed E-state index contributed by atoms with van der Waals surface area (Å²) in [5.41, 5.74) is 8.35. The Morgan fingerprint density at radius 1 is 1.20 bits per heavy atom. The third-order valence-corrected chi connectivity index (χ3v) is 6.15. The van der Waals surface area contributed by atoms with Gasteiger partial charge in [-0.1, -0.05) is 36.4 Å². The molecule has 0 aliphatic carbocycles. The first-order valence-corrected chi connectivity index (χ1v) is 10.9. The van der Waals surface area contributed by atoms with Crippen LogP contribution in [0.25, 0.3) is 16.6 Å². The predicted octanol–water partition coefficient (Wildman–Crippen LogP) is 3.40. The number of carbonyl (C=O) groups excluding carboxylic acids is 2. The van der Waals surface area contributed by atoms with Crippen molar-refractivity contribution >= 4 is 29.2 Å². The van der Waals surface area contributed by atoms with Gasteiger partial charge in [-0.25, -0.2) is 0 Å². The molecule has 2 amide bonds. The average Bonchev–Trinajstić information content (AvgIpc) is 3.42. The molecule has 1 unspecified atom stereocenters. The third-order valence-electron chi connectivity index (χ3n) is 5.27. The summed E-state index contributed by atoms with van der Waals surface area (Å²) in [6, 6.07) is 14.2. The number of carbonyl (C=O) groups is 2. The van der Waals surface area contributed by atoms with Crippen molar-refractivity contribution in [1.82, 2.24) is 14.7 Å². The van der Waals surface area contributed by atoms with E-state index in [1.54, 1.807) is 22.3 Å². The van der Waals surface area contributed by atoms with Crippen molar-refractivity contribution in [2.75, 3.05) is 13.1 Å². The van der Waals surface area contributed by atoms with Crippen LogP contribution in [0, 0.1) is 5.92 Å². The van der Waals surface area contributed by atoms with Gasteiger partial charge < -0.3 is 10.6 Å². The summed E-state index contributed by atoms with van der Waals surface area (Å²) < 4.78 is 1.90. The van der Waals surface area contributed by atoms with E-state index in [0.29, 0.717) is 19.6 Å². The van der Waals surface area contributed by atoms with Gasteiger partial charge in [0.15, 0.2) is 0 Å². The standard InChI is InChI=1S/C23H24N4O2S/c24-23(29)19-8-4-12-26(15-19)21(28)11-10-18-16-27(14-17-6-2-1-3-7-17)25-22(18)20-9-5-13-30-20/h1-3,5-7,9-11,13,16,19H,4,8,12,14-15H2,(H2,24,29). The van der Waals surface area contributed by atoms with E-state index < -0.39 is 0 Å². The molecule has 2 aromatic heterocycles. The average molecular weight is 421 g/mol. The zero-order valence-electron chi connectivity index (χ0n) is 16.6. The minimum absolute atomic E-state index is 0.103. The van der Waals surface area contributed by atoms with Crippen LogP contribution in [0.4, 0.5) is 0 Å². The molecule has 1 atom stereocenters. The molecular weight excluding hydrogens is 396 g/mol. The lowest BCUT2D eigenvalue weighted by atomic mass is 9.97. The molecule has 4 rings (SSSR count). The van der Waals surface area contributed by atoms with Crippen LogP contribution in [0.3, 0.4) is 0 Å². The Morgan fingerprint density at radius 2 is 2.03 bits per heavy atom. The summed E-state index contributed by atoms with van der Waals surface area (Å²) >= 11 is 1.62. The van der Waals surface area contributed by atoms with Crippen LogP contribution < -0.4 is 5.73 Å². The van der Waals surface area contributed by atoms with Crippen molar-refractivity contribution in [2.24, 2.45) is 11.7 Å². The number of amides is 2. The monoisotopic (exact) mass is 420 g/mol. The van der Waals surface area contributed by atoms with Gasteiger partial charge >= 0.3 is 0 Å². The number of hydrogen-bond donors (Lipinski definition) is 1. The van der Waals surface area contributed by atoms with Gasteiger partial charge in [0.1, 0.15) is 5.69 Å². The zero-order valence-corrected chi connectivity index (χ0v) is 17.4. The number of primary amides is 1. The molecule has 0 bridgehead atoms. The van der Waals surface area contributed by atoms with Gasteiger partial charge in [-0.2, -0.15) is 5.10 Å². The molecule has 154 valence electrons. The van der Waals surface area contributed by atoms with Crippen molar-refractivity contribution in [3.05, 3.63) is 71.2 Å². The Morgan fingerprint density at radius 3 is 2.77 bits per heavy atom. The van der Waals surface area contributed by atoms with E-state index in [1.807, 2.05) is 52.7 Å². The van der Waals surface area contributed by atoms with Gasteiger partial charge in [0.05, 0.1) is 17.3 Å². The van der Waals surface area contributed by atoms with Crippen LogP contribution in [0.1, 0.15) is 24.0 Å². The van der Waals surface area contributed by atoms with Crippen LogP contribution in [-0.2, 0) is 16.1 Å². The number of likely N-dealkylation sites (tertiary alicyclic amines) is 1. The van der Waals surface area contributed by atoms with E-state index >= 15 is 0 Å². The third kappa shape index (κ3) is 4.68. The number of benzene rings is 1. The Bertz CT molecular complexity index is 1040. The summed E-state index contributed by atoms with van der Waals surface area (Å²) in [7, 11) is 0. The van der Waals surface area contributed by atoms with Crippen molar-refractivity contribution < 1.29 is 9.59 Å². The summed E-state index contributed by atoms with van der Waals surface area (Å²) in [6.45, 7) is 1.70. The number of nitrogens with two attached hydrogens (primary N) is 1. The van der Waals surface area contributed by atoms with Crippen molar-refractivity contribution in [3.8, 4) is 10.6 Å². The van der Waals surface area contributed by atoms with Crippen LogP contribution in [0.15, 0.2) is 60.1 Å². The zero-order chi connectivity index (χ0) is 20.9. The highest BCUT2D eigenvalue weighted by Crippen LogP contribution is 2.28. The summed E-state index contributed by atoms with van der Waals surface area (Å²) in [5, 5.41) is 6.78. The molecule has 1 aromatic carbocycles. The van der Waals surface area contributed by atoms with E-state index in [9.17, 15) is 9.59 Å². The minimum Gasteiger partial charge on any atom is -0.369 e. The number of piperidine rings is 1. The SMILES string of the molecule is NC(=O)C1CCCN(C(=O)C=Cc2cn(Cc3ccccc3)nc2-c2cccs2)C1. The summed E-state index contributed by atoms with van der Waals surface area (Å²) in [6.07, 6.45) is 6.90. The van der Waals surface area contributed by atoms with Crippen LogP contribution in [0.2, 0.25) is 0 Å². The first-order valence-electron chi connectivity index (χ1n) is 10.0. The molecule has 1 saturated heterocycles. The topological polar surface area (TPSA) is 81.2 Å². The van der Waals surface area contributed by atoms with Crippen molar-refractivity contribution in [3.63, 3.8) is 0 Å². The van der Waals surface area contributed by atoms with E-state index in [0.717, 1.165) is 34.5 Å². The lowest BCUT2D eigenvalue weighted by Gasteiger charge is -2.30. The fourth-order valence-corrected chi connectivity index (χ4v) is 4.42. The summed E-state index contributed by atoms with van der Waals surface area (Å²) in [5.74, 6) is -0.695. The van der Waals surface area contributed by atoms with E-state index in [1.165, 1.54) is 0 Å². The van der Waals surface area contributed by atoms with Gasteiger partial charge in [-0.3, -0.25) is 14.3 Å². The first kappa shape index (κ1) is 20.1. The highest BCUT2D eigenvalue weighted by Gasteiger charge is 2.26. The van der Waals surface area contributed by atoms with E-state index in [4.69, 9.17) is 10.8 Å². The second-order valence-electron chi connectivity index (χ2n) is 7.45. The number of nitrogens with zero attached hydrogens (tertiary/aromatic N) is 3. The first-order chi connectivity index (χ1) is 14.6. The molecule has 0 saturated carbocycles. The second-order valence-corrected chi connectivity index (χ2v) is 8.40. The van der Waals surface area contributed by atoms with Gasteiger partial charge in [0, 0.05) is 30.9 Å². The maximum Gasteiger partial charge on any atom is 0.246 e. The fourth-order valence-electron chi connectivity index (χ4n) is 3.69. The molecule has 0 radical (unpaired) electrons. The lowest BCUT2D eigenvalue weighted by molar-refractivity contribution is -0.130. The Kier molecular flexibility index (Phi) is 6.09. The molecule has 3 heterocycles. The maximum atomic E-state index is 12.7. The molecule has 3 aromatic rings. The number of thiophene rings is 1. The summed E-state index contributed by atoms with van der Waals surface area (Å²) in [4.78, 5) is 26.9. The molecule has 1 aliphatic heterocycles. The Labute approximate surface area is 179 Å². The number of hydrogen-bond acceptors (Lipinski definition) is 4. The Hall–Kier alpha value is -3.19.